The number of nitro groups is 1. The normalized spacial score (nSPS) is 19.8. The molecule has 33 heavy (non-hydrogen) atoms. The zero-order valence-corrected chi connectivity index (χ0v) is 18.7. The lowest BCUT2D eigenvalue weighted by Gasteiger charge is -2.43. The molecule has 0 amide bonds. The molecule has 1 aliphatic heterocycles. The standard InChI is InChI=1S/C25H24N4O4/c1-25(2)12-20-23(21(30)13-25)22(15-6-4-9-18(10-15)33-3)19(14-26)24(27)28(20)16-7-5-8-17(11-16)29(31)32/h4-11,22H,12-13,27H2,1-3H3/t22-/m0/s1. The van der Waals surface area contributed by atoms with E-state index in [1.54, 1.807) is 36.3 Å². The predicted molar refractivity (Wildman–Crippen MR) is 123 cm³/mol. The molecule has 0 saturated heterocycles. The van der Waals surface area contributed by atoms with Crippen molar-refractivity contribution in [1.29, 1.82) is 5.26 Å². The maximum Gasteiger partial charge on any atom is 0.271 e. The summed E-state index contributed by atoms with van der Waals surface area (Å²) in [7, 11) is 1.55. The highest BCUT2D eigenvalue weighted by Gasteiger charge is 2.44. The third kappa shape index (κ3) is 3.82. The second-order valence-electron chi connectivity index (χ2n) is 9.03. The molecule has 1 heterocycles. The number of carbonyl (C=O) groups is 1. The van der Waals surface area contributed by atoms with E-state index in [0.717, 1.165) is 5.56 Å². The Morgan fingerprint density at radius 3 is 2.61 bits per heavy atom. The minimum atomic E-state index is -0.640. The molecule has 0 radical (unpaired) electrons. The Morgan fingerprint density at radius 2 is 1.94 bits per heavy atom. The molecule has 0 aromatic heterocycles. The number of allylic oxidation sites excluding steroid dienone is 3. The largest absolute Gasteiger partial charge is 0.497 e. The van der Waals surface area contributed by atoms with Crippen molar-refractivity contribution < 1.29 is 14.5 Å². The fraction of sp³-hybridized carbons (Fsp3) is 0.280. The van der Waals surface area contributed by atoms with Crippen molar-refractivity contribution in [2.75, 3.05) is 12.0 Å². The number of ether oxygens (including phenoxy) is 1. The highest BCUT2D eigenvalue weighted by molar-refractivity contribution is 6.01. The summed E-state index contributed by atoms with van der Waals surface area (Å²) in [5.41, 5.74) is 8.70. The fourth-order valence-electron chi connectivity index (χ4n) is 4.70. The lowest BCUT2D eigenvalue weighted by atomic mass is 9.68. The molecule has 168 valence electrons. The van der Waals surface area contributed by atoms with E-state index in [4.69, 9.17) is 10.5 Å². The Bertz CT molecular complexity index is 1270. The maximum absolute atomic E-state index is 13.5. The van der Waals surface area contributed by atoms with Gasteiger partial charge in [-0.1, -0.05) is 32.0 Å². The van der Waals surface area contributed by atoms with Crippen LogP contribution in [0.1, 0.15) is 38.2 Å². The van der Waals surface area contributed by atoms with Gasteiger partial charge in [0.15, 0.2) is 5.78 Å². The van der Waals surface area contributed by atoms with Crippen LogP contribution in [0, 0.1) is 26.9 Å². The zero-order valence-electron chi connectivity index (χ0n) is 18.7. The van der Waals surface area contributed by atoms with Crippen LogP contribution in [-0.2, 0) is 4.79 Å². The molecule has 0 fully saturated rings. The van der Waals surface area contributed by atoms with Gasteiger partial charge < -0.3 is 10.5 Å². The average Bonchev–Trinajstić information content (AvgIpc) is 2.77. The topological polar surface area (TPSA) is 122 Å². The number of Topliss-reactive ketones (excluding diaryl/α,β-unsaturated/α-hetero) is 1. The molecule has 4 rings (SSSR count). The first-order valence-electron chi connectivity index (χ1n) is 10.5. The van der Waals surface area contributed by atoms with Crippen molar-refractivity contribution >= 4 is 17.2 Å². The van der Waals surface area contributed by atoms with Crippen LogP contribution in [0.25, 0.3) is 0 Å². The molecule has 8 heteroatoms. The SMILES string of the molecule is COc1cccc([C@H]2C(C#N)=C(N)N(c3cccc([N+](=O)[O-])c3)C3=C2C(=O)CC(C)(C)C3)c1. The smallest absolute Gasteiger partial charge is 0.271 e. The number of carbonyl (C=O) groups excluding carboxylic acids is 1. The first kappa shape index (κ1) is 22.1. The molecule has 0 unspecified atom stereocenters. The highest BCUT2D eigenvalue weighted by atomic mass is 16.6. The van der Waals surface area contributed by atoms with E-state index in [1.807, 2.05) is 26.0 Å². The van der Waals surface area contributed by atoms with Crippen LogP contribution in [0.4, 0.5) is 11.4 Å². The third-order valence-corrected chi connectivity index (χ3v) is 6.11. The van der Waals surface area contributed by atoms with Crippen LogP contribution in [0.15, 0.2) is 71.2 Å². The van der Waals surface area contributed by atoms with Gasteiger partial charge in [-0.3, -0.25) is 19.8 Å². The maximum atomic E-state index is 13.5. The van der Waals surface area contributed by atoms with Gasteiger partial charge in [-0.15, -0.1) is 0 Å². The van der Waals surface area contributed by atoms with E-state index in [0.29, 0.717) is 35.5 Å². The van der Waals surface area contributed by atoms with Crippen LogP contribution >= 0.6 is 0 Å². The van der Waals surface area contributed by atoms with Crippen LogP contribution in [-0.4, -0.2) is 17.8 Å². The number of anilines is 1. The molecular weight excluding hydrogens is 420 g/mol. The van der Waals surface area contributed by atoms with Gasteiger partial charge in [0.25, 0.3) is 5.69 Å². The second-order valence-corrected chi connectivity index (χ2v) is 9.03. The molecule has 8 nitrogen and oxygen atoms in total. The number of rotatable bonds is 4. The average molecular weight is 444 g/mol. The van der Waals surface area contributed by atoms with Crippen molar-refractivity contribution in [3.8, 4) is 11.8 Å². The number of nitriles is 1. The van der Waals surface area contributed by atoms with Gasteiger partial charge >= 0.3 is 0 Å². The van der Waals surface area contributed by atoms with Crippen LogP contribution in [0.5, 0.6) is 5.75 Å². The van der Waals surface area contributed by atoms with Crippen molar-refractivity contribution in [3.63, 3.8) is 0 Å². The Kier molecular flexibility index (Phi) is 5.42. The van der Waals surface area contributed by atoms with Crippen molar-refractivity contribution in [2.45, 2.75) is 32.6 Å². The number of hydrogen-bond acceptors (Lipinski definition) is 7. The number of benzene rings is 2. The van der Waals surface area contributed by atoms with E-state index in [-0.39, 0.29) is 28.3 Å². The lowest BCUT2D eigenvalue weighted by Crippen LogP contribution is -2.42. The van der Waals surface area contributed by atoms with E-state index in [9.17, 15) is 20.2 Å². The summed E-state index contributed by atoms with van der Waals surface area (Å²) < 4.78 is 5.36. The molecule has 2 aromatic carbocycles. The number of nitrogens with two attached hydrogens (primary N) is 1. The number of hydrogen-bond donors (Lipinski definition) is 1. The minimum Gasteiger partial charge on any atom is -0.497 e. The molecule has 2 aliphatic rings. The van der Waals surface area contributed by atoms with Gasteiger partial charge in [0.2, 0.25) is 0 Å². The Morgan fingerprint density at radius 1 is 1.21 bits per heavy atom. The lowest BCUT2D eigenvalue weighted by molar-refractivity contribution is -0.384. The number of nitrogens with zero attached hydrogens (tertiary/aromatic N) is 3. The quantitative estimate of drug-likeness (QED) is 0.542. The van der Waals surface area contributed by atoms with Gasteiger partial charge in [0, 0.05) is 29.8 Å². The fourth-order valence-corrected chi connectivity index (χ4v) is 4.70. The minimum absolute atomic E-state index is 0.0650. The Balaban J connectivity index is 2.00. The molecule has 1 atom stereocenters. The summed E-state index contributed by atoms with van der Waals surface area (Å²) in [6.45, 7) is 4.00. The molecule has 2 aromatic rings. The molecular formula is C25H24N4O4. The summed E-state index contributed by atoms with van der Waals surface area (Å²) in [6.07, 6.45) is 0.852. The van der Waals surface area contributed by atoms with Gasteiger partial charge in [0.1, 0.15) is 11.6 Å². The molecule has 0 saturated carbocycles. The zero-order chi connectivity index (χ0) is 23.9. The summed E-state index contributed by atoms with van der Waals surface area (Å²) >= 11 is 0. The summed E-state index contributed by atoms with van der Waals surface area (Å²) in [5.74, 6) is 0.0636. The molecule has 0 bridgehead atoms. The summed E-state index contributed by atoms with van der Waals surface area (Å²) in [6, 6.07) is 15.5. The van der Waals surface area contributed by atoms with Crippen molar-refractivity contribution in [2.24, 2.45) is 11.1 Å². The number of non-ortho nitro benzene ring substituents is 1. The number of ketones is 1. The Hall–Kier alpha value is -4.12. The van der Waals surface area contributed by atoms with Gasteiger partial charge in [-0.25, -0.2) is 0 Å². The first-order chi connectivity index (χ1) is 15.7. The first-order valence-corrected chi connectivity index (χ1v) is 10.5. The molecule has 1 aliphatic carbocycles. The summed E-state index contributed by atoms with van der Waals surface area (Å²) in [5, 5.41) is 21.5. The Labute approximate surface area is 191 Å². The van der Waals surface area contributed by atoms with Crippen LogP contribution < -0.4 is 15.4 Å². The predicted octanol–water partition coefficient (Wildman–Crippen LogP) is 4.54. The van der Waals surface area contributed by atoms with Crippen molar-refractivity contribution in [1.82, 2.24) is 0 Å². The third-order valence-electron chi connectivity index (χ3n) is 6.11. The van der Waals surface area contributed by atoms with E-state index in [2.05, 4.69) is 6.07 Å². The van der Waals surface area contributed by atoms with E-state index in [1.165, 1.54) is 12.1 Å². The van der Waals surface area contributed by atoms with Crippen LogP contribution in [0.3, 0.4) is 0 Å². The monoisotopic (exact) mass is 444 g/mol. The number of methoxy groups -OCH3 is 1. The van der Waals surface area contributed by atoms with Gasteiger partial charge in [-0.05, 0) is 35.6 Å². The second kappa shape index (κ2) is 8.10. The van der Waals surface area contributed by atoms with Crippen LogP contribution in [0.2, 0.25) is 0 Å². The van der Waals surface area contributed by atoms with Crippen molar-refractivity contribution in [3.05, 3.63) is 86.9 Å². The van der Waals surface area contributed by atoms with Gasteiger partial charge in [0.05, 0.1) is 35.3 Å². The number of nitro benzene ring substituents is 1. The van der Waals surface area contributed by atoms with E-state index < -0.39 is 10.8 Å². The summed E-state index contributed by atoms with van der Waals surface area (Å²) in [4.78, 5) is 26.0. The van der Waals surface area contributed by atoms with E-state index >= 15 is 0 Å². The molecule has 0 spiro atoms. The highest BCUT2D eigenvalue weighted by Crippen LogP contribution is 2.50. The molecule has 2 N–H and O–H groups in total. The van der Waals surface area contributed by atoms with Gasteiger partial charge in [-0.2, -0.15) is 5.26 Å².